The van der Waals surface area contributed by atoms with Crippen molar-refractivity contribution in [1.82, 2.24) is 10.2 Å². The number of hydrogen-bond acceptors (Lipinski definition) is 3. The van der Waals surface area contributed by atoms with Crippen LogP contribution < -0.4 is 5.32 Å². The predicted octanol–water partition coefficient (Wildman–Crippen LogP) is 1.73. The summed E-state index contributed by atoms with van der Waals surface area (Å²) in [5, 5.41) is 3.56. The highest BCUT2D eigenvalue weighted by Crippen LogP contribution is 2.14. The summed E-state index contributed by atoms with van der Waals surface area (Å²) in [6.07, 6.45) is 2.44. The largest absolute Gasteiger partial charge is 0.380 e. The summed E-state index contributed by atoms with van der Waals surface area (Å²) in [5.74, 6) is 0.747. The van der Waals surface area contributed by atoms with E-state index in [1.807, 2.05) is 0 Å². The van der Waals surface area contributed by atoms with E-state index in [2.05, 4.69) is 38.0 Å². The van der Waals surface area contributed by atoms with Crippen molar-refractivity contribution in [1.29, 1.82) is 0 Å². The van der Waals surface area contributed by atoms with Gasteiger partial charge in [0.05, 0.1) is 6.61 Å². The van der Waals surface area contributed by atoms with Gasteiger partial charge in [0, 0.05) is 31.8 Å². The van der Waals surface area contributed by atoms with E-state index >= 15 is 0 Å². The zero-order valence-electron chi connectivity index (χ0n) is 11.3. The molecule has 0 spiro atoms. The third-order valence-electron chi connectivity index (χ3n) is 3.41. The second-order valence-corrected chi connectivity index (χ2v) is 5.47. The van der Waals surface area contributed by atoms with Crippen molar-refractivity contribution in [3.63, 3.8) is 0 Å². The Labute approximate surface area is 101 Å². The van der Waals surface area contributed by atoms with E-state index in [0.29, 0.717) is 6.04 Å². The molecule has 0 radical (unpaired) electrons. The van der Waals surface area contributed by atoms with Crippen molar-refractivity contribution >= 4 is 0 Å². The summed E-state index contributed by atoms with van der Waals surface area (Å²) < 4.78 is 5.58. The fraction of sp³-hybridized carbons (Fsp3) is 1.00. The Balaban J connectivity index is 1.92. The molecule has 1 aliphatic heterocycles. The third kappa shape index (κ3) is 5.28. The van der Waals surface area contributed by atoms with Crippen LogP contribution in [0.25, 0.3) is 0 Å². The maximum atomic E-state index is 5.58. The Morgan fingerprint density at radius 3 is 2.69 bits per heavy atom. The topological polar surface area (TPSA) is 24.5 Å². The molecule has 96 valence electrons. The maximum absolute atomic E-state index is 5.58. The third-order valence-corrected chi connectivity index (χ3v) is 3.41. The number of rotatable bonds is 7. The molecule has 1 fully saturated rings. The summed E-state index contributed by atoms with van der Waals surface area (Å²) >= 11 is 0. The van der Waals surface area contributed by atoms with Crippen molar-refractivity contribution in [2.24, 2.45) is 5.92 Å². The first-order chi connectivity index (χ1) is 7.59. The van der Waals surface area contributed by atoms with E-state index in [9.17, 15) is 0 Å². The van der Waals surface area contributed by atoms with Crippen LogP contribution in [0, 0.1) is 5.92 Å². The van der Waals surface area contributed by atoms with Crippen LogP contribution in [0.2, 0.25) is 0 Å². The van der Waals surface area contributed by atoms with Gasteiger partial charge in [0.2, 0.25) is 0 Å². The Morgan fingerprint density at radius 2 is 2.12 bits per heavy atom. The van der Waals surface area contributed by atoms with E-state index in [4.69, 9.17) is 4.74 Å². The van der Waals surface area contributed by atoms with Crippen LogP contribution in [0.1, 0.15) is 33.6 Å². The standard InChI is InChI=1S/C13H28N2O/c1-11(2)5-7-16-8-6-14-13-9-12(3)15(4)10-13/h11-14H,5-10H2,1-4H3. The molecular formula is C13H28N2O. The Hall–Kier alpha value is -0.120. The van der Waals surface area contributed by atoms with Crippen LogP contribution >= 0.6 is 0 Å². The van der Waals surface area contributed by atoms with Crippen LogP contribution in [-0.4, -0.2) is 50.3 Å². The number of hydrogen-bond donors (Lipinski definition) is 1. The second-order valence-electron chi connectivity index (χ2n) is 5.47. The molecule has 3 nitrogen and oxygen atoms in total. The van der Waals surface area contributed by atoms with Gasteiger partial charge >= 0.3 is 0 Å². The summed E-state index contributed by atoms with van der Waals surface area (Å²) in [7, 11) is 2.20. The van der Waals surface area contributed by atoms with Crippen molar-refractivity contribution < 1.29 is 4.74 Å². The number of ether oxygens (including phenoxy) is 1. The van der Waals surface area contributed by atoms with E-state index in [-0.39, 0.29) is 0 Å². The summed E-state index contributed by atoms with van der Waals surface area (Å²) in [6, 6.07) is 1.38. The van der Waals surface area contributed by atoms with Crippen molar-refractivity contribution in [3.05, 3.63) is 0 Å². The first kappa shape index (κ1) is 13.9. The first-order valence-electron chi connectivity index (χ1n) is 6.61. The summed E-state index contributed by atoms with van der Waals surface area (Å²) in [6.45, 7) is 10.7. The number of nitrogens with zero attached hydrogens (tertiary/aromatic N) is 1. The van der Waals surface area contributed by atoms with Crippen molar-refractivity contribution in [3.8, 4) is 0 Å². The normalized spacial score (nSPS) is 26.8. The number of likely N-dealkylation sites (N-methyl/N-ethyl adjacent to an activating group) is 1. The molecule has 1 rings (SSSR count). The fourth-order valence-electron chi connectivity index (χ4n) is 2.10. The average molecular weight is 228 g/mol. The van der Waals surface area contributed by atoms with Gasteiger partial charge in [0.15, 0.2) is 0 Å². The van der Waals surface area contributed by atoms with Gasteiger partial charge in [-0.1, -0.05) is 13.8 Å². The molecule has 1 aliphatic rings. The quantitative estimate of drug-likeness (QED) is 0.672. The molecule has 2 atom stereocenters. The van der Waals surface area contributed by atoms with E-state index in [1.165, 1.54) is 19.4 Å². The van der Waals surface area contributed by atoms with Crippen LogP contribution in [0.15, 0.2) is 0 Å². The average Bonchev–Trinajstić information content (AvgIpc) is 2.52. The highest BCUT2D eigenvalue weighted by molar-refractivity contribution is 4.84. The molecular weight excluding hydrogens is 200 g/mol. The van der Waals surface area contributed by atoms with Gasteiger partial charge in [-0.2, -0.15) is 0 Å². The Bertz CT molecular complexity index is 175. The molecule has 0 bridgehead atoms. The minimum absolute atomic E-state index is 0.661. The SMILES string of the molecule is CC(C)CCOCCNC1CC(C)N(C)C1. The van der Waals surface area contributed by atoms with Crippen LogP contribution in [-0.2, 0) is 4.74 Å². The van der Waals surface area contributed by atoms with Crippen LogP contribution in [0.3, 0.4) is 0 Å². The second kappa shape index (κ2) is 7.25. The molecule has 3 heteroatoms. The molecule has 16 heavy (non-hydrogen) atoms. The van der Waals surface area contributed by atoms with Gasteiger partial charge in [-0.25, -0.2) is 0 Å². The van der Waals surface area contributed by atoms with Crippen LogP contribution in [0.4, 0.5) is 0 Å². The lowest BCUT2D eigenvalue weighted by Crippen LogP contribution is -2.34. The number of nitrogens with one attached hydrogen (secondary N) is 1. The molecule has 1 N–H and O–H groups in total. The first-order valence-corrected chi connectivity index (χ1v) is 6.61. The smallest absolute Gasteiger partial charge is 0.0591 e. The van der Waals surface area contributed by atoms with Crippen LogP contribution in [0.5, 0.6) is 0 Å². The van der Waals surface area contributed by atoms with Gasteiger partial charge < -0.3 is 15.0 Å². The molecule has 0 aromatic carbocycles. The molecule has 2 unspecified atom stereocenters. The predicted molar refractivity (Wildman–Crippen MR) is 68.8 cm³/mol. The van der Waals surface area contributed by atoms with E-state index in [1.54, 1.807) is 0 Å². The maximum Gasteiger partial charge on any atom is 0.0591 e. The summed E-state index contributed by atoms with van der Waals surface area (Å²) in [4.78, 5) is 2.41. The molecule has 0 aromatic heterocycles. The Morgan fingerprint density at radius 1 is 1.38 bits per heavy atom. The molecule has 1 saturated heterocycles. The minimum Gasteiger partial charge on any atom is -0.380 e. The molecule has 0 amide bonds. The Kier molecular flexibility index (Phi) is 6.32. The molecule has 0 aromatic rings. The lowest BCUT2D eigenvalue weighted by Gasteiger charge is -2.13. The highest BCUT2D eigenvalue weighted by Gasteiger charge is 2.24. The van der Waals surface area contributed by atoms with Gasteiger partial charge in [0.25, 0.3) is 0 Å². The fourth-order valence-corrected chi connectivity index (χ4v) is 2.10. The molecule has 0 aliphatic carbocycles. The van der Waals surface area contributed by atoms with Gasteiger partial charge in [-0.3, -0.25) is 0 Å². The van der Waals surface area contributed by atoms with Gasteiger partial charge in [0.1, 0.15) is 0 Å². The van der Waals surface area contributed by atoms with E-state index in [0.717, 1.165) is 31.7 Å². The highest BCUT2D eigenvalue weighted by atomic mass is 16.5. The monoisotopic (exact) mass is 228 g/mol. The minimum atomic E-state index is 0.661. The lowest BCUT2D eigenvalue weighted by molar-refractivity contribution is 0.123. The van der Waals surface area contributed by atoms with Crippen molar-refractivity contribution in [2.75, 3.05) is 33.4 Å². The molecule has 0 saturated carbocycles. The lowest BCUT2D eigenvalue weighted by atomic mass is 10.1. The zero-order valence-corrected chi connectivity index (χ0v) is 11.3. The number of likely N-dealkylation sites (tertiary alicyclic amines) is 1. The van der Waals surface area contributed by atoms with Gasteiger partial charge in [-0.05, 0) is 32.7 Å². The zero-order chi connectivity index (χ0) is 12.0. The summed E-state index contributed by atoms with van der Waals surface area (Å²) in [5.41, 5.74) is 0. The molecule has 1 heterocycles. The van der Waals surface area contributed by atoms with Crippen molar-refractivity contribution in [2.45, 2.75) is 45.7 Å². The van der Waals surface area contributed by atoms with E-state index < -0.39 is 0 Å². The van der Waals surface area contributed by atoms with Gasteiger partial charge in [-0.15, -0.1) is 0 Å².